The summed E-state index contributed by atoms with van der Waals surface area (Å²) in [7, 11) is -4.51. The van der Waals surface area contributed by atoms with E-state index in [0.717, 1.165) is 36.4 Å². The Kier molecular flexibility index (Phi) is 6.01. The van der Waals surface area contributed by atoms with E-state index < -0.39 is 32.6 Å². The summed E-state index contributed by atoms with van der Waals surface area (Å²) in [5, 5.41) is 11.5. The molecule has 3 heterocycles. The Labute approximate surface area is 210 Å². The van der Waals surface area contributed by atoms with Gasteiger partial charge in [0.25, 0.3) is 15.6 Å². The van der Waals surface area contributed by atoms with Gasteiger partial charge >= 0.3 is 6.18 Å². The molecule has 2 aliphatic rings. The highest BCUT2D eigenvalue weighted by molar-refractivity contribution is 7.92. The number of alkyl halides is 3. The number of fused-ring (bicyclic) bond motifs is 4. The van der Waals surface area contributed by atoms with Crippen LogP contribution in [0.15, 0.2) is 70.4 Å². The van der Waals surface area contributed by atoms with Gasteiger partial charge in [-0.25, -0.2) is 8.42 Å². The van der Waals surface area contributed by atoms with Gasteiger partial charge < -0.3 is 19.4 Å². The van der Waals surface area contributed by atoms with Crippen LogP contribution in [0.3, 0.4) is 0 Å². The molecule has 5 rings (SSSR count). The van der Waals surface area contributed by atoms with Crippen molar-refractivity contribution in [1.29, 1.82) is 0 Å². The fourth-order valence-electron chi connectivity index (χ4n) is 5.16. The van der Waals surface area contributed by atoms with Crippen LogP contribution in [0.1, 0.15) is 34.0 Å². The van der Waals surface area contributed by atoms with Crippen LogP contribution in [0.5, 0.6) is 0 Å². The van der Waals surface area contributed by atoms with Gasteiger partial charge in [0.2, 0.25) is 0 Å². The average Bonchev–Trinajstić information content (AvgIpc) is 2.84. The number of nitrogens with zero attached hydrogens (tertiary/aromatic N) is 2. The number of carbonyl (C=O) groups excluding carboxylic acids is 1. The van der Waals surface area contributed by atoms with Crippen molar-refractivity contribution in [2.45, 2.75) is 30.0 Å². The Balaban J connectivity index is 1.52. The molecule has 2 aliphatic heterocycles. The summed E-state index contributed by atoms with van der Waals surface area (Å²) in [4.78, 5) is 25.1. The summed E-state index contributed by atoms with van der Waals surface area (Å²) in [5.41, 5.74) is -0.359. The number of carboxylic acids is 1. The first-order valence-corrected chi connectivity index (χ1v) is 12.9. The number of sulfonamides is 1. The summed E-state index contributed by atoms with van der Waals surface area (Å²) < 4.78 is 69.7. The van der Waals surface area contributed by atoms with Crippen LogP contribution in [0.2, 0.25) is 0 Å². The Bertz CT molecular complexity index is 1550. The molecule has 1 aromatic heterocycles. The second-order valence-electron chi connectivity index (χ2n) is 9.25. The van der Waals surface area contributed by atoms with E-state index in [0.29, 0.717) is 31.4 Å². The lowest BCUT2D eigenvalue weighted by Crippen LogP contribution is -2.47. The monoisotopic (exact) mass is 532 g/mol. The van der Waals surface area contributed by atoms with Crippen LogP contribution in [0, 0.1) is 5.92 Å². The van der Waals surface area contributed by atoms with Gasteiger partial charge in [0.05, 0.1) is 27.8 Å². The third-order valence-electron chi connectivity index (χ3n) is 6.77. The first kappa shape index (κ1) is 24.9. The van der Waals surface area contributed by atoms with E-state index in [1.54, 1.807) is 10.6 Å². The highest BCUT2D eigenvalue weighted by Gasteiger charge is 2.36. The number of anilines is 2. The van der Waals surface area contributed by atoms with Gasteiger partial charge in [-0.1, -0.05) is 18.2 Å². The summed E-state index contributed by atoms with van der Waals surface area (Å²) in [5.74, 6) is -1.47. The fraction of sp³-hybridized carbons (Fsp3) is 0.280. The van der Waals surface area contributed by atoms with E-state index in [1.807, 2.05) is 11.0 Å². The summed E-state index contributed by atoms with van der Waals surface area (Å²) in [6.07, 6.45) is -3.90. The highest BCUT2D eigenvalue weighted by atomic mass is 32.2. The fourth-order valence-corrected chi connectivity index (χ4v) is 6.27. The molecule has 2 atom stereocenters. The number of carboxylic acid groups (broad SMARTS) is 1. The minimum atomic E-state index is -4.74. The van der Waals surface area contributed by atoms with E-state index in [-0.39, 0.29) is 28.6 Å². The van der Waals surface area contributed by atoms with E-state index >= 15 is 0 Å². The molecule has 0 radical (unpaired) electrons. The van der Waals surface area contributed by atoms with Gasteiger partial charge in [-0.3, -0.25) is 9.52 Å². The molecule has 1 saturated heterocycles. The maximum atomic E-state index is 13.2. The Morgan fingerprint density at radius 3 is 2.49 bits per heavy atom. The average molecular weight is 533 g/mol. The lowest BCUT2D eigenvalue weighted by atomic mass is 9.83. The number of aromatic nitrogens is 1. The van der Waals surface area contributed by atoms with Crippen LogP contribution < -0.4 is 20.3 Å². The zero-order valence-electron chi connectivity index (χ0n) is 19.2. The predicted molar refractivity (Wildman–Crippen MR) is 127 cm³/mol. The maximum Gasteiger partial charge on any atom is 0.416 e. The molecule has 0 spiro atoms. The quantitative estimate of drug-likeness (QED) is 0.541. The maximum absolute atomic E-state index is 13.2. The van der Waals surface area contributed by atoms with Crippen molar-refractivity contribution >= 4 is 27.4 Å². The molecular weight excluding hydrogens is 511 g/mol. The standard InChI is InChI=1S/C25H22F3N3O5S/c26-25(27,28)18-3-1-4-19(11-18)37(35,36)29-20-10-16(24(33)34)7-8-22(20)30-12-15-9-17(14-30)21-5-2-6-23(32)31(21)13-15/h1-8,10-11,15,17,29H,9,12-14H2,(H,33,34)/p-1. The minimum absolute atomic E-state index is 0.0184. The smallest absolute Gasteiger partial charge is 0.416 e. The number of rotatable bonds is 5. The molecule has 2 unspecified atom stereocenters. The topological polar surface area (TPSA) is 112 Å². The van der Waals surface area contributed by atoms with Crippen LogP contribution in [0.4, 0.5) is 24.5 Å². The normalized spacial score (nSPS) is 19.3. The van der Waals surface area contributed by atoms with Crippen molar-refractivity contribution in [2.24, 2.45) is 5.92 Å². The first-order valence-electron chi connectivity index (χ1n) is 11.4. The van der Waals surface area contributed by atoms with Gasteiger partial charge in [-0.2, -0.15) is 13.2 Å². The van der Waals surface area contributed by atoms with Crippen LogP contribution in [-0.2, 0) is 22.7 Å². The van der Waals surface area contributed by atoms with Crippen LogP contribution in [-0.4, -0.2) is 32.0 Å². The number of carbonyl (C=O) groups is 1. The zero-order valence-corrected chi connectivity index (χ0v) is 20.1. The molecule has 12 heteroatoms. The predicted octanol–water partition coefficient (Wildman–Crippen LogP) is 2.66. The molecule has 194 valence electrons. The summed E-state index contributed by atoms with van der Waals surface area (Å²) >= 11 is 0. The van der Waals surface area contributed by atoms with E-state index in [4.69, 9.17) is 0 Å². The van der Waals surface area contributed by atoms with Crippen molar-refractivity contribution < 1.29 is 31.5 Å². The molecular formula is C25H21F3N3O5S-. The van der Waals surface area contributed by atoms with Gasteiger partial charge in [0.1, 0.15) is 0 Å². The molecule has 1 N–H and O–H groups in total. The van der Waals surface area contributed by atoms with Gasteiger partial charge in [-0.15, -0.1) is 0 Å². The van der Waals surface area contributed by atoms with E-state index in [1.165, 1.54) is 18.2 Å². The van der Waals surface area contributed by atoms with Crippen molar-refractivity contribution in [3.05, 3.63) is 87.8 Å². The van der Waals surface area contributed by atoms with E-state index in [2.05, 4.69) is 4.72 Å². The summed E-state index contributed by atoms with van der Waals surface area (Å²) in [6.45, 7) is 1.40. The van der Waals surface area contributed by atoms with Gasteiger partial charge in [-0.05, 0) is 54.3 Å². The Morgan fingerprint density at radius 1 is 1.00 bits per heavy atom. The number of pyridine rings is 1. The molecule has 0 amide bonds. The lowest BCUT2D eigenvalue weighted by molar-refractivity contribution is -0.255. The molecule has 0 aliphatic carbocycles. The van der Waals surface area contributed by atoms with Crippen LogP contribution in [0.25, 0.3) is 0 Å². The molecule has 0 saturated carbocycles. The Morgan fingerprint density at radius 2 is 1.76 bits per heavy atom. The van der Waals surface area contributed by atoms with Crippen molar-refractivity contribution in [1.82, 2.24) is 4.57 Å². The number of hydrogen-bond acceptors (Lipinski definition) is 6. The summed E-state index contributed by atoms with van der Waals surface area (Å²) in [6, 6.07) is 12.2. The lowest BCUT2D eigenvalue weighted by Gasteiger charge is -2.44. The van der Waals surface area contributed by atoms with Crippen molar-refractivity contribution in [3.63, 3.8) is 0 Å². The second-order valence-corrected chi connectivity index (χ2v) is 10.9. The van der Waals surface area contributed by atoms with Crippen LogP contribution >= 0.6 is 0 Å². The number of benzene rings is 2. The third kappa shape index (κ3) is 4.80. The third-order valence-corrected chi connectivity index (χ3v) is 8.13. The number of piperidine rings is 1. The SMILES string of the molecule is O=C([O-])c1ccc(N2CC3CC(C2)c2cccc(=O)n2C3)c(NS(=O)(=O)c2cccc(C(F)(F)F)c2)c1. The van der Waals surface area contributed by atoms with Crippen molar-refractivity contribution in [3.8, 4) is 0 Å². The molecule has 1 fully saturated rings. The first-order chi connectivity index (χ1) is 17.4. The number of halogens is 3. The molecule has 3 aromatic rings. The molecule has 8 nitrogen and oxygen atoms in total. The zero-order chi connectivity index (χ0) is 26.5. The van der Waals surface area contributed by atoms with Gasteiger partial charge in [0, 0.05) is 37.3 Å². The second kappa shape index (κ2) is 8.94. The number of aromatic carboxylic acids is 1. The van der Waals surface area contributed by atoms with Gasteiger partial charge in [0.15, 0.2) is 0 Å². The molecule has 2 aromatic carbocycles. The van der Waals surface area contributed by atoms with Crippen molar-refractivity contribution in [2.75, 3.05) is 22.7 Å². The molecule has 37 heavy (non-hydrogen) atoms. The van der Waals surface area contributed by atoms with E-state index in [9.17, 15) is 36.3 Å². The number of nitrogens with one attached hydrogen (secondary N) is 1. The molecule has 2 bridgehead atoms. The largest absolute Gasteiger partial charge is 0.545 e. The minimum Gasteiger partial charge on any atom is -0.545 e. The number of hydrogen-bond donors (Lipinski definition) is 1. The highest BCUT2D eigenvalue weighted by Crippen LogP contribution is 2.40. The Hall–Kier alpha value is -3.80.